The number of rotatable bonds is 6. The van der Waals surface area contributed by atoms with Gasteiger partial charge in [0.05, 0.1) is 5.56 Å². The number of halogens is 4. The number of anilines is 2. The van der Waals surface area contributed by atoms with Crippen molar-refractivity contribution in [1.82, 2.24) is 0 Å². The highest BCUT2D eigenvalue weighted by Gasteiger charge is 2.30. The van der Waals surface area contributed by atoms with Crippen molar-refractivity contribution in [2.24, 2.45) is 0 Å². The summed E-state index contributed by atoms with van der Waals surface area (Å²) in [5.41, 5.74) is 0.609. The van der Waals surface area contributed by atoms with Gasteiger partial charge in [-0.15, -0.1) is 0 Å². The lowest BCUT2D eigenvalue weighted by molar-refractivity contribution is -0.137. The Balaban J connectivity index is 1.56. The van der Waals surface area contributed by atoms with Gasteiger partial charge in [-0.1, -0.05) is 17.7 Å². The number of benzene rings is 3. The molecule has 0 radical (unpaired) electrons. The third kappa shape index (κ3) is 6.24. The van der Waals surface area contributed by atoms with E-state index in [9.17, 15) is 22.8 Å². The molecule has 0 aliphatic rings. The second kappa shape index (κ2) is 9.74. The van der Waals surface area contributed by atoms with Gasteiger partial charge in [0.25, 0.3) is 11.8 Å². The molecule has 0 heterocycles. The lowest BCUT2D eigenvalue weighted by atomic mass is 10.1. The largest absolute Gasteiger partial charge is 0.483 e. The summed E-state index contributed by atoms with van der Waals surface area (Å²) < 4.78 is 43.9. The van der Waals surface area contributed by atoms with Crippen molar-refractivity contribution in [3.05, 3.63) is 88.4 Å². The van der Waals surface area contributed by atoms with Crippen molar-refractivity contribution in [1.29, 1.82) is 0 Å². The van der Waals surface area contributed by atoms with E-state index >= 15 is 0 Å². The van der Waals surface area contributed by atoms with Gasteiger partial charge in [0.15, 0.2) is 6.61 Å². The number of aryl methyl sites for hydroxylation is 1. The minimum Gasteiger partial charge on any atom is -0.483 e. The Kier molecular flexibility index (Phi) is 7.05. The number of carbonyl (C=O) groups excluding carboxylic acids is 2. The molecule has 2 amide bonds. The van der Waals surface area contributed by atoms with E-state index < -0.39 is 23.6 Å². The number of alkyl halides is 3. The normalized spacial score (nSPS) is 11.0. The summed E-state index contributed by atoms with van der Waals surface area (Å²) in [5, 5.41) is 5.63. The fourth-order valence-electron chi connectivity index (χ4n) is 2.80. The molecular weight excluding hydrogens is 445 g/mol. The minimum absolute atomic E-state index is 0.0249. The molecule has 3 aromatic rings. The molecule has 5 nitrogen and oxygen atoms in total. The van der Waals surface area contributed by atoms with Crippen molar-refractivity contribution in [3.63, 3.8) is 0 Å². The summed E-state index contributed by atoms with van der Waals surface area (Å²) in [6.45, 7) is 1.59. The summed E-state index contributed by atoms with van der Waals surface area (Å²) in [5.74, 6) is -0.449. The average Bonchev–Trinajstić information content (AvgIpc) is 2.73. The quantitative estimate of drug-likeness (QED) is 0.476. The standard InChI is InChI=1S/C23H18ClF3N2O3/c1-14-11-17(24)7-10-20(14)32-13-21(30)28-18-8-5-15(6-9-18)22(31)29-19-4-2-3-16(12-19)23(25,26)27/h2-12H,13H2,1H3,(H,28,30)(H,29,31). The van der Waals surface area contributed by atoms with E-state index in [1.54, 1.807) is 18.2 Å². The first-order valence-electron chi connectivity index (χ1n) is 9.39. The van der Waals surface area contributed by atoms with Gasteiger partial charge in [0.1, 0.15) is 5.75 Å². The van der Waals surface area contributed by atoms with Gasteiger partial charge in [-0.25, -0.2) is 0 Å². The second-order valence-electron chi connectivity index (χ2n) is 6.86. The molecule has 166 valence electrons. The molecule has 2 N–H and O–H groups in total. The minimum atomic E-state index is -4.50. The van der Waals surface area contributed by atoms with Gasteiger partial charge < -0.3 is 15.4 Å². The Morgan fingerprint density at radius 3 is 2.31 bits per heavy atom. The molecule has 0 aliphatic carbocycles. The molecule has 0 bridgehead atoms. The summed E-state index contributed by atoms with van der Waals surface area (Å²) in [6, 6.07) is 15.3. The maximum Gasteiger partial charge on any atom is 0.416 e. The maximum absolute atomic E-state index is 12.8. The van der Waals surface area contributed by atoms with Crippen LogP contribution in [0.2, 0.25) is 5.02 Å². The van der Waals surface area contributed by atoms with E-state index in [2.05, 4.69) is 10.6 Å². The lowest BCUT2D eigenvalue weighted by Gasteiger charge is -2.11. The van der Waals surface area contributed by atoms with E-state index in [4.69, 9.17) is 16.3 Å². The van der Waals surface area contributed by atoms with Crippen LogP contribution in [-0.2, 0) is 11.0 Å². The van der Waals surface area contributed by atoms with Crippen LogP contribution in [-0.4, -0.2) is 18.4 Å². The van der Waals surface area contributed by atoms with Gasteiger partial charge >= 0.3 is 6.18 Å². The van der Waals surface area contributed by atoms with Crippen molar-refractivity contribution in [2.45, 2.75) is 13.1 Å². The number of hydrogen-bond donors (Lipinski definition) is 2. The molecule has 0 spiro atoms. The Hall–Kier alpha value is -3.52. The van der Waals surface area contributed by atoms with Crippen LogP contribution >= 0.6 is 11.6 Å². The van der Waals surface area contributed by atoms with Crippen LogP contribution in [0, 0.1) is 6.92 Å². The molecule has 0 saturated carbocycles. The monoisotopic (exact) mass is 462 g/mol. The molecule has 0 aromatic heterocycles. The van der Waals surface area contributed by atoms with E-state index in [1.807, 2.05) is 6.92 Å². The highest BCUT2D eigenvalue weighted by molar-refractivity contribution is 6.30. The molecule has 0 atom stereocenters. The third-order valence-corrected chi connectivity index (χ3v) is 4.61. The number of ether oxygens (including phenoxy) is 1. The van der Waals surface area contributed by atoms with Gasteiger partial charge in [-0.05, 0) is 73.2 Å². The van der Waals surface area contributed by atoms with Crippen LogP contribution in [0.25, 0.3) is 0 Å². The number of carbonyl (C=O) groups is 2. The molecule has 0 unspecified atom stereocenters. The Bertz CT molecular complexity index is 1130. The Morgan fingerprint density at radius 1 is 0.938 bits per heavy atom. The molecule has 0 saturated heterocycles. The molecule has 0 aliphatic heterocycles. The molecule has 32 heavy (non-hydrogen) atoms. The topological polar surface area (TPSA) is 67.4 Å². The van der Waals surface area contributed by atoms with Gasteiger partial charge in [-0.2, -0.15) is 13.2 Å². The highest BCUT2D eigenvalue weighted by atomic mass is 35.5. The number of nitrogens with one attached hydrogen (secondary N) is 2. The van der Waals surface area contributed by atoms with Gasteiger partial charge in [0.2, 0.25) is 0 Å². The number of hydrogen-bond acceptors (Lipinski definition) is 3. The molecule has 3 aromatic carbocycles. The van der Waals surface area contributed by atoms with E-state index in [0.717, 1.165) is 17.7 Å². The third-order valence-electron chi connectivity index (χ3n) is 4.37. The van der Waals surface area contributed by atoms with Crippen LogP contribution in [0.3, 0.4) is 0 Å². The van der Waals surface area contributed by atoms with Crippen LogP contribution in [0.4, 0.5) is 24.5 Å². The first-order valence-corrected chi connectivity index (χ1v) is 9.77. The van der Waals surface area contributed by atoms with Crippen LogP contribution in [0.5, 0.6) is 5.75 Å². The zero-order chi connectivity index (χ0) is 23.3. The predicted molar refractivity (Wildman–Crippen MR) is 116 cm³/mol. The Labute approximate surface area is 187 Å². The van der Waals surface area contributed by atoms with Crippen molar-refractivity contribution in [3.8, 4) is 5.75 Å². The lowest BCUT2D eigenvalue weighted by Crippen LogP contribution is -2.20. The number of amides is 2. The fraction of sp³-hybridized carbons (Fsp3) is 0.130. The SMILES string of the molecule is Cc1cc(Cl)ccc1OCC(=O)Nc1ccc(C(=O)Nc2cccc(C(F)(F)F)c2)cc1. The van der Waals surface area contributed by atoms with E-state index in [-0.39, 0.29) is 17.9 Å². The second-order valence-corrected chi connectivity index (χ2v) is 7.29. The molecule has 9 heteroatoms. The van der Waals surface area contributed by atoms with Gasteiger partial charge in [-0.3, -0.25) is 9.59 Å². The van der Waals surface area contributed by atoms with Crippen molar-refractivity contribution in [2.75, 3.05) is 17.2 Å². The highest BCUT2D eigenvalue weighted by Crippen LogP contribution is 2.30. The van der Waals surface area contributed by atoms with Crippen molar-refractivity contribution >= 4 is 34.8 Å². The smallest absolute Gasteiger partial charge is 0.416 e. The van der Waals surface area contributed by atoms with E-state index in [0.29, 0.717) is 16.5 Å². The van der Waals surface area contributed by atoms with Crippen molar-refractivity contribution < 1.29 is 27.5 Å². The van der Waals surface area contributed by atoms with E-state index in [1.165, 1.54) is 36.4 Å². The van der Waals surface area contributed by atoms with Gasteiger partial charge in [0, 0.05) is 22.0 Å². The summed E-state index contributed by atoms with van der Waals surface area (Å²) in [4.78, 5) is 24.4. The first kappa shape index (κ1) is 23.1. The first-order chi connectivity index (χ1) is 15.1. The molecule has 0 fully saturated rings. The van der Waals surface area contributed by atoms with Crippen LogP contribution in [0.15, 0.2) is 66.7 Å². The van der Waals surface area contributed by atoms with Crippen LogP contribution in [0.1, 0.15) is 21.5 Å². The summed E-state index contributed by atoms with van der Waals surface area (Å²) >= 11 is 5.88. The molecular formula is C23H18ClF3N2O3. The van der Waals surface area contributed by atoms with Crippen LogP contribution < -0.4 is 15.4 Å². The maximum atomic E-state index is 12.8. The fourth-order valence-corrected chi connectivity index (χ4v) is 3.02. The summed E-state index contributed by atoms with van der Waals surface area (Å²) in [6.07, 6.45) is -4.50. The summed E-state index contributed by atoms with van der Waals surface area (Å²) in [7, 11) is 0. The zero-order valence-electron chi connectivity index (χ0n) is 16.8. The predicted octanol–water partition coefficient (Wildman–Crippen LogP) is 5.94. The average molecular weight is 463 g/mol. The molecule has 3 rings (SSSR count). The Morgan fingerprint density at radius 2 is 1.66 bits per heavy atom. The zero-order valence-corrected chi connectivity index (χ0v) is 17.6.